The molecule has 2 aromatic heterocycles. The lowest BCUT2D eigenvalue weighted by Crippen LogP contribution is -2.31. The van der Waals surface area contributed by atoms with E-state index in [1.807, 2.05) is 33.7 Å². The number of amides is 1. The number of fused-ring (bicyclic) bond motifs is 3. The molecule has 9 heteroatoms. The van der Waals surface area contributed by atoms with Crippen molar-refractivity contribution in [1.29, 1.82) is 0 Å². The normalized spacial score (nSPS) is 14.6. The number of hydrogen-bond donors (Lipinski definition) is 0. The standard InChI is InChI=1S/C16H17N5O3S/c22-13(19-7-3-4-8-19)9-20-11-5-1-2-6-12(11)21-15(20)17-18-16(21)25-10-14(23)24/h1-2,5-6H,3-4,7-10H2,(H,23,24)/p-1. The van der Waals surface area contributed by atoms with E-state index < -0.39 is 5.97 Å². The first-order chi connectivity index (χ1) is 12.1. The molecule has 0 radical (unpaired) electrons. The van der Waals surface area contributed by atoms with E-state index in [1.54, 1.807) is 4.40 Å². The second kappa shape index (κ2) is 6.40. The fourth-order valence-corrected chi connectivity index (χ4v) is 3.87. The summed E-state index contributed by atoms with van der Waals surface area (Å²) >= 11 is 1.06. The van der Waals surface area contributed by atoms with Gasteiger partial charge in [-0.25, -0.2) is 0 Å². The van der Waals surface area contributed by atoms with E-state index in [9.17, 15) is 14.7 Å². The zero-order valence-corrected chi connectivity index (χ0v) is 14.2. The summed E-state index contributed by atoms with van der Waals surface area (Å²) in [6, 6.07) is 7.63. The van der Waals surface area contributed by atoms with Gasteiger partial charge in [-0.3, -0.25) is 13.8 Å². The quantitative estimate of drug-likeness (QED) is 0.603. The number of hydrogen-bond acceptors (Lipinski definition) is 6. The highest BCUT2D eigenvalue weighted by molar-refractivity contribution is 7.99. The first kappa shape index (κ1) is 15.9. The van der Waals surface area contributed by atoms with Gasteiger partial charge in [0.2, 0.25) is 11.7 Å². The molecule has 1 aliphatic heterocycles. The van der Waals surface area contributed by atoms with Gasteiger partial charge in [0.15, 0.2) is 5.16 Å². The lowest BCUT2D eigenvalue weighted by atomic mass is 10.3. The molecule has 0 saturated carbocycles. The van der Waals surface area contributed by atoms with Crippen molar-refractivity contribution >= 4 is 40.4 Å². The van der Waals surface area contributed by atoms with Crippen molar-refractivity contribution in [2.24, 2.45) is 0 Å². The van der Waals surface area contributed by atoms with Crippen LogP contribution in [0.2, 0.25) is 0 Å². The molecule has 3 aromatic rings. The van der Waals surface area contributed by atoms with Crippen molar-refractivity contribution in [2.45, 2.75) is 24.5 Å². The predicted octanol–water partition coefficient (Wildman–Crippen LogP) is 0.148. The number of thioether (sulfide) groups is 1. The summed E-state index contributed by atoms with van der Waals surface area (Å²) < 4.78 is 3.63. The van der Waals surface area contributed by atoms with Gasteiger partial charge in [0.1, 0.15) is 6.54 Å². The van der Waals surface area contributed by atoms with E-state index in [-0.39, 0.29) is 18.2 Å². The zero-order chi connectivity index (χ0) is 17.4. The molecule has 0 aliphatic carbocycles. The molecule has 1 saturated heterocycles. The average Bonchev–Trinajstić information content (AvgIpc) is 3.31. The molecular formula is C16H16N5O3S-. The number of imidazole rings is 1. The molecule has 1 aliphatic rings. The summed E-state index contributed by atoms with van der Waals surface area (Å²) in [7, 11) is 0. The first-order valence-corrected chi connectivity index (χ1v) is 9.06. The van der Waals surface area contributed by atoms with Gasteiger partial charge < -0.3 is 14.8 Å². The number of carbonyl (C=O) groups excluding carboxylic acids is 2. The topological polar surface area (TPSA) is 95.6 Å². The summed E-state index contributed by atoms with van der Waals surface area (Å²) in [5.74, 6) is -0.760. The molecule has 25 heavy (non-hydrogen) atoms. The van der Waals surface area contributed by atoms with Crippen molar-refractivity contribution in [3.8, 4) is 0 Å². The molecule has 0 spiro atoms. The highest BCUT2D eigenvalue weighted by atomic mass is 32.2. The van der Waals surface area contributed by atoms with E-state index in [1.165, 1.54) is 0 Å². The van der Waals surface area contributed by atoms with Crippen LogP contribution >= 0.6 is 11.8 Å². The molecule has 1 amide bonds. The Morgan fingerprint density at radius 1 is 1.12 bits per heavy atom. The summed E-state index contributed by atoms with van der Waals surface area (Å²) in [5, 5.41) is 19.5. The minimum Gasteiger partial charge on any atom is -0.549 e. The lowest BCUT2D eigenvalue weighted by Gasteiger charge is -2.15. The molecule has 0 bridgehead atoms. The largest absolute Gasteiger partial charge is 0.549 e. The third-order valence-corrected chi connectivity index (χ3v) is 5.24. The fourth-order valence-electron chi connectivity index (χ4n) is 3.21. The molecule has 4 rings (SSSR count). The Bertz CT molecular complexity index is 957. The lowest BCUT2D eigenvalue weighted by molar-refractivity contribution is -0.301. The van der Waals surface area contributed by atoms with Gasteiger partial charge in [-0.2, -0.15) is 0 Å². The third-order valence-electron chi connectivity index (χ3n) is 4.34. The van der Waals surface area contributed by atoms with Crippen LogP contribution in [0.25, 0.3) is 16.8 Å². The smallest absolute Gasteiger partial charge is 0.242 e. The summed E-state index contributed by atoms with van der Waals surface area (Å²) in [5.41, 5.74) is 1.72. The summed E-state index contributed by atoms with van der Waals surface area (Å²) in [4.78, 5) is 25.2. The van der Waals surface area contributed by atoms with Gasteiger partial charge in [0.25, 0.3) is 0 Å². The fraction of sp³-hybridized carbons (Fsp3) is 0.375. The van der Waals surface area contributed by atoms with Gasteiger partial charge in [-0.15, -0.1) is 10.2 Å². The Kier molecular flexibility index (Phi) is 4.08. The minimum absolute atomic E-state index is 0.0627. The molecule has 0 unspecified atom stereocenters. The van der Waals surface area contributed by atoms with Crippen LogP contribution < -0.4 is 5.11 Å². The molecular weight excluding hydrogens is 342 g/mol. The van der Waals surface area contributed by atoms with Crippen LogP contribution in [-0.2, 0) is 16.1 Å². The Labute approximate surface area is 147 Å². The number of aliphatic carboxylic acids is 1. The van der Waals surface area contributed by atoms with Crippen LogP contribution in [0.3, 0.4) is 0 Å². The number of likely N-dealkylation sites (tertiary alicyclic amines) is 1. The highest BCUT2D eigenvalue weighted by Gasteiger charge is 2.22. The van der Waals surface area contributed by atoms with Gasteiger partial charge in [0.05, 0.1) is 17.0 Å². The maximum Gasteiger partial charge on any atom is 0.242 e. The van der Waals surface area contributed by atoms with Crippen LogP contribution in [0, 0.1) is 0 Å². The molecule has 8 nitrogen and oxygen atoms in total. The van der Waals surface area contributed by atoms with Crippen molar-refractivity contribution in [3.63, 3.8) is 0 Å². The van der Waals surface area contributed by atoms with Crippen LogP contribution in [0.1, 0.15) is 12.8 Å². The third kappa shape index (κ3) is 2.84. The molecule has 3 heterocycles. The summed E-state index contributed by atoms with van der Waals surface area (Å²) in [6.07, 6.45) is 2.09. The summed E-state index contributed by atoms with van der Waals surface area (Å²) in [6.45, 7) is 1.79. The van der Waals surface area contributed by atoms with E-state index in [4.69, 9.17) is 0 Å². The number of rotatable bonds is 5. The second-order valence-electron chi connectivity index (χ2n) is 5.94. The van der Waals surface area contributed by atoms with Gasteiger partial charge >= 0.3 is 0 Å². The second-order valence-corrected chi connectivity index (χ2v) is 6.88. The number of benzene rings is 1. The minimum atomic E-state index is -1.16. The maximum absolute atomic E-state index is 12.6. The average molecular weight is 358 g/mol. The van der Waals surface area contributed by atoms with Gasteiger partial charge in [0, 0.05) is 18.8 Å². The van der Waals surface area contributed by atoms with Gasteiger partial charge in [-0.05, 0) is 25.0 Å². The zero-order valence-electron chi connectivity index (χ0n) is 13.4. The number of nitrogens with zero attached hydrogens (tertiary/aromatic N) is 5. The van der Waals surface area contributed by atoms with E-state index in [2.05, 4.69) is 10.2 Å². The van der Waals surface area contributed by atoms with E-state index >= 15 is 0 Å². The molecule has 1 fully saturated rings. The maximum atomic E-state index is 12.6. The Morgan fingerprint density at radius 2 is 1.84 bits per heavy atom. The predicted molar refractivity (Wildman–Crippen MR) is 90.0 cm³/mol. The van der Waals surface area contributed by atoms with E-state index in [0.717, 1.165) is 48.7 Å². The number of carboxylic acid groups (broad SMARTS) is 1. The SMILES string of the molecule is O=C([O-])CSc1nnc2n(CC(=O)N3CCCC3)c3ccccc3n12. The van der Waals surface area contributed by atoms with Crippen LogP contribution in [0.15, 0.2) is 29.4 Å². The van der Waals surface area contributed by atoms with Crippen molar-refractivity contribution < 1.29 is 14.7 Å². The number of para-hydroxylation sites is 2. The molecule has 0 atom stereocenters. The van der Waals surface area contributed by atoms with Gasteiger partial charge in [-0.1, -0.05) is 23.9 Å². The molecule has 1 aromatic carbocycles. The Balaban J connectivity index is 1.77. The van der Waals surface area contributed by atoms with Crippen molar-refractivity contribution in [2.75, 3.05) is 18.8 Å². The number of carbonyl (C=O) groups is 2. The first-order valence-electron chi connectivity index (χ1n) is 8.08. The molecule has 130 valence electrons. The highest BCUT2D eigenvalue weighted by Crippen LogP contribution is 2.26. The van der Waals surface area contributed by atoms with Crippen LogP contribution in [-0.4, -0.2) is 54.8 Å². The monoisotopic (exact) mass is 358 g/mol. The van der Waals surface area contributed by atoms with Crippen molar-refractivity contribution in [1.82, 2.24) is 24.1 Å². The van der Waals surface area contributed by atoms with Crippen LogP contribution in [0.5, 0.6) is 0 Å². The number of carboxylic acids is 1. The van der Waals surface area contributed by atoms with E-state index in [0.29, 0.717) is 10.9 Å². The number of aromatic nitrogens is 4. The van der Waals surface area contributed by atoms with Crippen LogP contribution in [0.4, 0.5) is 0 Å². The van der Waals surface area contributed by atoms with Crippen molar-refractivity contribution in [3.05, 3.63) is 24.3 Å². The molecule has 0 N–H and O–H groups in total. The Hall–Kier alpha value is -2.55. The Morgan fingerprint density at radius 3 is 2.56 bits per heavy atom.